The average Bonchev–Trinajstić information content (AvgIpc) is 2.52. The topological polar surface area (TPSA) is 30.5 Å². The highest BCUT2D eigenvalue weighted by Gasteiger charge is 2.08. The number of ether oxygens (including phenoxy) is 2. The second kappa shape index (κ2) is 7.14. The zero-order valence-corrected chi connectivity index (χ0v) is 13.1. The van der Waals surface area contributed by atoms with Crippen LogP contribution in [0.4, 0.5) is 0 Å². The van der Waals surface area contributed by atoms with E-state index in [2.05, 4.69) is 24.4 Å². The molecule has 112 valence electrons. The Morgan fingerprint density at radius 1 is 1.05 bits per heavy atom. The summed E-state index contributed by atoms with van der Waals surface area (Å²) in [5.41, 5.74) is 2.41. The van der Waals surface area contributed by atoms with Crippen LogP contribution in [-0.4, -0.2) is 14.2 Å². The van der Waals surface area contributed by atoms with E-state index in [1.54, 1.807) is 7.11 Å². The minimum Gasteiger partial charge on any atom is -0.493 e. The Kier molecular flexibility index (Phi) is 5.23. The summed E-state index contributed by atoms with van der Waals surface area (Å²) in [5.74, 6) is 2.30. The lowest BCUT2D eigenvalue weighted by Gasteiger charge is -2.15. The Morgan fingerprint density at radius 2 is 1.76 bits per heavy atom. The molecular formula is C18H23NO2. The van der Waals surface area contributed by atoms with Crippen LogP contribution in [0.5, 0.6) is 17.2 Å². The van der Waals surface area contributed by atoms with Crippen LogP contribution in [0.3, 0.4) is 0 Å². The Balaban J connectivity index is 2.17. The lowest BCUT2D eigenvalue weighted by molar-refractivity contribution is 0.378. The van der Waals surface area contributed by atoms with E-state index in [-0.39, 0.29) is 0 Å². The summed E-state index contributed by atoms with van der Waals surface area (Å²) in [5, 5.41) is 3.30. The van der Waals surface area contributed by atoms with E-state index in [9.17, 15) is 0 Å². The molecule has 0 spiro atoms. The molecule has 2 rings (SSSR count). The monoisotopic (exact) mass is 285 g/mol. The number of benzene rings is 2. The molecule has 0 saturated heterocycles. The molecule has 0 amide bonds. The third-order valence-electron chi connectivity index (χ3n) is 3.59. The van der Waals surface area contributed by atoms with E-state index in [4.69, 9.17) is 9.47 Å². The molecule has 0 heterocycles. The van der Waals surface area contributed by atoms with Crippen molar-refractivity contribution in [3.63, 3.8) is 0 Å². The predicted molar refractivity (Wildman–Crippen MR) is 86.3 cm³/mol. The molecule has 1 unspecified atom stereocenters. The van der Waals surface area contributed by atoms with Crippen LogP contribution in [0, 0.1) is 6.92 Å². The number of rotatable bonds is 6. The third-order valence-corrected chi connectivity index (χ3v) is 3.59. The Bertz CT molecular complexity index is 574. The fraction of sp³-hybridized carbons (Fsp3) is 0.333. The summed E-state index contributed by atoms with van der Waals surface area (Å²) < 4.78 is 11.3. The van der Waals surface area contributed by atoms with Crippen LogP contribution < -0.4 is 14.8 Å². The summed E-state index contributed by atoms with van der Waals surface area (Å²) >= 11 is 0. The molecule has 0 aliphatic carbocycles. The van der Waals surface area contributed by atoms with Gasteiger partial charge in [0, 0.05) is 6.04 Å². The van der Waals surface area contributed by atoms with E-state index in [1.807, 2.05) is 44.3 Å². The summed E-state index contributed by atoms with van der Waals surface area (Å²) in [6, 6.07) is 14.5. The minimum absolute atomic E-state index is 0.382. The van der Waals surface area contributed by atoms with Crippen molar-refractivity contribution in [2.45, 2.75) is 26.3 Å². The van der Waals surface area contributed by atoms with Crippen molar-refractivity contribution in [2.75, 3.05) is 14.2 Å². The first kappa shape index (κ1) is 15.4. The molecule has 21 heavy (non-hydrogen) atoms. The van der Waals surface area contributed by atoms with Gasteiger partial charge in [-0.2, -0.15) is 0 Å². The summed E-state index contributed by atoms with van der Waals surface area (Å²) in [6.45, 7) is 4.20. The SMILES string of the molecule is CCC(NC)c1ccc(Oc2ccc(C)cc2OC)cc1. The fourth-order valence-electron chi connectivity index (χ4n) is 2.36. The van der Waals surface area contributed by atoms with Gasteiger partial charge in [-0.05, 0) is 55.8 Å². The van der Waals surface area contributed by atoms with Crippen molar-refractivity contribution in [1.82, 2.24) is 5.32 Å². The molecule has 0 aliphatic rings. The van der Waals surface area contributed by atoms with Gasteiger partial charge >= 0.3 is 0 Å². The fourth-order valence-corrected chi connectivity index (χ4v) is 2.36. The van der Waals surface area contributed by atoms with Gasteiger partial charge in [-0.25, -0.2) is 0 Å². The highest BCUT2D eigenvalue weighted by Crippen LogP contribution is 2.32. The minimum atomic E-state index is 0.382. The maximum absolute atomic E-state index is 5.91. The number of nitrogens with one attached hydrogen (secondary N) is 1. The summed E-state index contributed by atoms with van der Waals surface area (Å²) in [7, 11) is 3.64. The van der Waals surface area contributed by atoms with Crippen molar-refractivity contribution in [3.8, 4) is 17.2 Å². The van der Waals surface area contributed by atoms with Gasteiger partial charge in [-0.1, -0.05) is 25.1 Å². The van der Waals surface area contributed by atoms with Crippen LogP contribution in [0.2, 0.25) is 0 Å². The normalized spacial score (nSPS) is 12.0. The van der Waals surface area contributed by atoms with Gasteiger partial charge in [-0.3, -0.25) is 0 Å². The number of methoxy groups -OCH3 is 1. The second-order valence-corrected chi connectivity index (χ2v) is 5.07. The first-order valence-corrected chi connectivity index (χ1v) is 7.27. The van der Waals surface area contributed by atoms with E-state index < -0.39 is 0 Å². The van der Waals surface area contributed by atoms with Gasteiger partial charge in [0.25, 0.3) is 0 Å². The Morgan fingerprint density at radius 3 is 2.33 bits per heavy atom. The van der Waals surface area contributed by atoms with Gasteiger partial charge in [0.2, 0.25) is 0 Å². The predicted octanol–water partition coefficient (Wildman–Crippen LogP) is 4.47. The highest BCUT2D eigenvalue weighted by molar-refractivity contribution is 5.45. The molecule has 0 saturated carbocycles. The molecule has 2 aromatic rings. The quantitative estimate of drug-likeness (QED) is 0.849. The lowest BCUT2D eigenvalue weighted by Crippen LogP contribution is -2.14. The molecule has 2 aromatic carbocycles. The Hall–Kier alpha value is -2.00. The highest BCUT2D eigenvalue weighted by atomic mass is 16.5. The van der Waals surface area contributed by atoms with Gasteiger partial charge in [0.1, 0.15) is 5.75 Å². The van der Waals surface area contributed by atoms with Gasteiger partial charge < -0.3 is 14.8 Å². The summed E-state index contributed by atoms with van der Waals surface area (Å²) in [6.07, 6.45) is 1.06. The van der Waals surface area contributed by atoms with Gasteiger partial charge in [0.05, 0.1) is 7.11 Å². The van der Waals surface area contributed by atoms with Crippen LogP contribution in [0.15, 0.2) is 42.5 Å². The standard InChI is InChI=1S/C18H23NO2/c1-5-16(19-3)14-7-9-15(10-8-14)21-17-11-6-13(2)12-18(17)20-4/h6-12,16,19H,5H2,1-4H3. The van der Waals surface area contributed by atoms with E-state index in [1.165, 1.54) is 5.56 Å². The van der Waals surface area contributed by atoms with E-state index in [0.717, 1.165) is 29.2 Å². The Labute approximate surface area is 126 Å². The van der Waals surface area contributed by atoms with Crippen LogP contribution >= 0.6 is 0 Å². The third kappa shape index (κ3) is 3.76. The molecular weight excluding hydrogens is 262 g/mol. The van der Waals surface area contributed by atoms with Crippen molar-refractivity contribution >= 4 is 0 Å². The van der Waals surface area contributed by atoms with Gasteiger partial charge in [-0.15, -0.1) is 0 Å². The van der Waals surface area contributed by atoms with Crippen molar-refractivity contribution in [3.05, 3.63) is 53.6 Å². The lowest BCUT2D eigenvalue weighted by atomic mass is 10.0. The second-order valence-electron chi connectivity index (χ2n) is 5.07. The molecule has 3 heteroatoms. The molecule has 1 atom stereocenters. The molecule has 3 nitrogen and oxygen atoms in total. The average molecular weight is 285 g/mol. The molecule has 1 N–H and O–H groups in total. The first-order chi connectivity index (χ1) is 10.2. The maximum Gasteiger partial charge on any atom is 0.169 e. The number of aryl methyl sites for hydroxylation is 1. The largest absolute Gasteiger partial charge is 0.493 e. The first-order valence-electron chi connectivity index (χ1n) is 7.27. The van der Waals surface area contributed by atoms with Crippen LogP contribution in [-0.2, 0) is 0 Å². The number of hydrogen-bond acceptors (Lipinski definition) is 3. The van der Waals surface area contributed by atoms with Crippen molar-refractivity contribution < 1.29 is 9.47 Å². The number of hydrogen-bond donors (Lipinski definition) is 1. The van der Waals surface area contributed by atoms with Crippen molar-refractivity contribution in [1.29, 1.82) is 0 Å². The van der Waals surface area contributed by atoms with Crippen LogP contribution in [0.25, 0.3) is 0 Å². The molecule has 0 bridgehead atoms. The van der Waals surface area contributed by atoms with E-state index in [0.29, 0.717) is 6.04 Å². The van der Waals surface area contributed by atoms with E-state index >= 15 is 0 Å². The molecule has 0 aromatic heterocycles. The smallest absolute Gasteiger partial charge is 0.169 e. The maximum atomic E-state index is 5.91. The van der Waals surface area contributed by atoms with Gasteiger partial charge in [0.15, 0.2) is 11.5 Å². The molecule has 0 aliphatic heterocycles. The van der Waals surface area contributed by atoms with Crippen molar-refractivity contribution in [2.24, 2.45) is 0 Å². The zero-order valence-electron chi connectivity index (χ0n) is 13.1. The van der Waals surface area contributed by atoms with Crippen LogP contribution in [0.1, 0.15) is 30.5 Å². The summed E-state index contributed by atoms with van der Waals surface area (Å²) in [4.78, 5) is 0. The zero-order chi connectivity index (χ0) is 15.2. The molecule has 0 radical (unpaired) electrons. The molecule has 0 fully saturated rings.